The highest BCUT2D eigenvalue weighted by molar-refractivity contribution is 6.39. The maximum absolute atomic E-state index is 11.9. The molecule has 0 bridgehead atoms. The Kier molecular flexibility index (Phi) is 7.44. The highest BCUT2D eigenvalue weighted by Crippen LogP contribution is 2.46. The van der Waals surface area contributed by atoms with Gasteiger partial charge < -0.3 is 19.5 Å². The zero-order chi connectivity index (χ0) is 22.4. The van der Waals surface area contributed by atoms with Crippen LogP contribution in [-0.4, -0.2) is 30.3 Å². The number of nitrogens with one attached hydrogen (secondary N) is 2. The first-order valence-corrected chi connectivity index (χ1v) is 10.0. The van der Waals surface area contributed by atoms with Gasteiger partial charge in [0.05, 0.1) is 31.3 Å². The van der Waals surface area contributed by atoms with Crippen molar-refractivity contribution in [3.63, 3.8) is 0 Å². The van der Waals surface area contributed by atoms with Gasteiger partial charge in [-0.1, -0.05) is 47.5 Å². The lowest BCUT2D eigenvalue weighted by Crippen LogP contribution is -2.08. The number of amides is 1. The van der Waals surface area contributed by atoms with Gasteiger partial charge in [-0.3, -0.25) is 9.89 Å². The third-order valence-electron chi connectivity index (χ3n) is 4.32. The number of aromatic nitrogens is 2. The van der Waals surface area contributed by atoms with Crippen LogP contribution in [0.25, 0.3) is 11.3 Å². The minimum absolute atomic E-state index is 0.121. The number of rotatable bonds is 8. The van der Waals surface area contributed by atoms with E-state index in [4.69, 9.17) is 37.4 Å². The summed E-state index contributed by atoms with van der Waals surface area (Å²) in [7, 11) is 2.98. The number of methoxy groups -OCH3 is 2. The summed E-state index contributed by atoms with van der Waals surface area (Å²) < 4.78 is 16.3. The molecule has 0 fully saturated rings. The maximum Gasteiger partial charge on any atom is 0.248 e. The molecule has 0 radical (unpaired) electrons. The second kappa shape index (κ2) is 10.2. The van der Waals surface area contributed by atoms with Gasteiger partial charge in [-0.25, -0.2) is 0 Å². The summed E-state index contributed by atoms with van der Waals surface area (Å²) in [4.78, 5) is 11.9. The largest absolute Gasteiger partial charge is 0.495 e. The molecular weight excluding hydrogens is 441 g/mol. The van der Waals surface area contributed by atoms with Crippen LogP contribution in [0.3, 0.4) is 0 Å². The molecule has 0 saturated heterocycles. The predicted molar refractivity (Wildman–Crippen MR) is 121 cm³/mol. The molecule has 1 amide bonds. The van der Waals surface area contributed by atoms with E-state index in [9.17, 15) is 4.79 Å². The Morgan fingerprint density at radius 1 is 1.13 bits per heavy atom. The number of allylic oxidation sites excluding steroid dienone is 1. The minimum Gasteiger partial charge on any atom is -0.495 e. The number of carbonyl (C=O) groups is 1. The lowest BCUT2D eigenvalue weighted by atomic mass is 10.1. The van der Waals surface area contributed by atoms with E-state index < -0.39 is 0 Å². The third kappa shape index (κ3) is 5.13. The quantitative estimate of drug-likeness (QED) is 0.432. The van der Waals surface area contributed by atoms with Crippen LogP contribution in [0.4, 0.5) is 5.69 Å². The summed E-state index contributed by atoms with van der Waals surface area (Å²) in [5, 5.41) is 10.6. The van der Waals surface area contributed by atoms with Crippen molar-refractivity contribution in [2.45, 2.75) is 13.5 Å². The fraction of sp³-hybridized carbons (Fsp3) is 0.182. The van der Waals surface area contributed by atoms with Crippen molar-refractivity contribution in [3.8, 4) is 28.5 Å². The van der Waals surface area contributed by atoms with Gasteiger partial charge in [-0.15, -0.1) is 0 Å². The summed E-state index contributed by atoms with van der Waals surface area (Å²) in [5.74, 6) is 0.794. The summed E-state index contributed by atoms with van der Waals surface area (Å²) in [6, 6.07) is 10.8. The number of ether oxygens (including phenoxy) is 3. The van der Waals surface area contributed by atoms with Crippen molar-refractivity contribution in [2.24, 2.45) is 0 Å². The number of nitrogens with zero attached hydrogens (tertiary/aromatic N) is 1. The first-order chi connectivity index (χ1) is 15.0. The molecule has 2 aromatic carbocycles. The molecule has 3 aromatic rings. The molecule has 0 spiro atoms. The number of halogens is 2. The first-order valence-electron chi connectivity index (χ1n) is 9.28. The Bertz CT molecular complexity index is 1080. The average molecular weight is 462 g/mol. The number of H-pyrrole nitrogens is 1. The Morgan fingerprint density at radius 3 is 2.45 bits per heavy atom. The van der Waals surface area contributed by atoms with E-state index in [-0.39, 0.29) is 28.3 Å². The van der Waals surface area contributed by atoms with E-state index in [0.717, 1.165) is 5.56 Å². The van der Waals surface area contributed by atoms with Gasteiger partial charge in [0.1, 0.15) is 28.2 Å². The second-order valence-electron chi connectivity index (χ2n) is 6.34. The van der Waals surface area contributed by atoms with Crippen molar-refractivity contribution >= 4 is 34.8 Å². The smallest absolute Gasteiger partial charge is 0.248 e. The van der Waals surface area contributed by atoms with E-state index in [1.165, 1.54) is 20.3 Å². The van der Waals surface area contributed by atoms with Gasteiger partial charge in [0, 0.05) is 11.6 Å². The molecule has 0 atom stereocenters. The molecule has 31 heavy (non-hydrogen) atoms. The number of hydrogen-bond acceptors (Lipinski definition) is 5. The molecular formula is C22H21Cl2N3O4. The van der Waals surface area contributed by atoms with Crippen molar-refractivity contribution in [1.29, 1.82) is 0 Å². The molecule has 1 heterocycles. The van der Waals surface area contributed by atoms with Crippen molar-refractivity contribution in [3.05, 3.63) is 64.3 Å². The van der Waals surface area contributed by atoms with Crippen LogP contribution in [0.1, 0.15) is 12.6 Å². The predicted octanol–water partition coefficient (Wildman–Crippen LogP) is 5.49. The number of para-hydroxylation sites is 1. The molecule has 0 aliphatic heterocycles. The molecule has 9 heteroatoms. The van der Waals surface area contributed by atoms with Crippen molar-refractivity contribution in [1.82, 2.24) is 10.2 Å². The van der Waals surface area contributed by atoms with E-state index in [1.807, 2.05) is 30.3 Å². The Balaban J connectivity index is 1.82. The fourth-order valence-corrected chi connectivity index (χ4v) is 3.46. The number of hydrogen-bond donors (Lipinski definition) is 2. The van der Waals surface area contributed by atoms with E-state index >= 15 is 0 Å². The number of carbonyl (C=O) groups excluding carboxylic acids is 1. The fourth-order valence-electron chi connectivity index (χ4n) is 2.85. The monoisotopic (exact) mass is 461 g/mol. The van der Waals surface area contributed by atoms with Crippen molar-refractivity contribution in [2.75, 3.05) is 19.5 Å². The van der Waals surface area contributed by atoms with Gasteiger partial charge in [-0.2, -0.15) is 5.10 Å². The van der Waals surface area contributed by atoms with Gasteiger partial charge in [0.25, 0.3) is 0 Å². The molecule has 0 aliphatic rings. The van der Waals surface area contributed by atoms with E-state index in [2.05, 4.69) is 15.5 Å². The van der Waals surface area contributed by atoms with Gasteiger partial charge in [0.15, 0.2) is 5.75 Å². The van der Waals surface area contributed by atoms with E-state index in [0.29, 0.717) is 28.6 Å². The Labute approximate surface area is 189 Å². The Hall–Kier alpha value is -3.16. The normalized spacial score (nSPS) is 10.9. The summed E-state index contributed by atoms with van der Waals surface area (Å²) in [6.07, 6.45) is 3.13. The molecule has 1 aromatic heterocycles. The summed E-state index contributed by atoms with van der Waals surface area (Å²) in [6.45, 7) is 1.90. The molecule has 3 rings (SSSR count). The highest BCUT2D eigenvalue weighted by atomic mass is 35.5. The minimum atomic E-state index is -0.217. The summed E-state index contributed by atoms with van der Waals surface area (Å²) >= 11 is 12.7. The molecule has 0 unspecified atom stereocenters. The van der Waals surface area contributed by atoms with Crippen LogP contribution in [0.15, 0.2) is 48.6 Å². The highest BCUT2D eigenvalue weighted by Gasteiger charge is 2.19. The zero-order valence-corrected chi connectivity index (χ0v) is 18.7. The van der Waals surface area contributed by atoms with Gasteiger partial charge in [-0.05, 0) is 25.1 Å². The molecule has 2 N–H and O–H groups in total. The molecule has 0 aliphatic carbocycles. The van der Waals surface area contributed by atoms with Crippen LogP contribution >= 0.6 is 23.2 Å². The lowest BCUT2D eigenvalue weighted by Gasteiger charge is -2.14. The standard InChI is InChI=1S/C22H21Cl2N3O4/c1-4-7-19(28)25-15-9-6-5-8-14(15)16-10-13(26-27-16)12-31-22-20(23)17(29-2)11-18(30-3)21(22)24/h4-11H,12H2,1-3H3,(H,25,28)(H,26,27)/b7-4-. The number of benzene rings is 2. The average Bonchev–Trinajstić information content (AvgIpc) is 3.23. The number of anilines is 1. The van der Waals surface area contributed by atoms with Crippen LogP contribution in [-0.2, 0) is 11.4 Å². The number of aromatic amines is 1. The zero-order valence-electron chi connectivity index (χ0n) is 17.2. The molecule has 7 nitrogen and oxygen atoms in total. The van der Waals surface area contributed by atoms with Crippen LogP contribution in [0, 0.1) is 0 Å². The molecule has 162 valence electrons. The third-order valence-corrected chi connectivity index (χ3v) is 5.03. The van der Waals surface area contributed by atoms with Crippen LogP contribution < -0.4 is 19.5 Å². The van der Waals surface area contributed by atoms with E-state index in [1.54, 1.807) is 19.1 Å². The van der Waals surface area contributed by atoms with Crippen LogP contribution in [0.5, 0.6) is 17.2 Å². The summed E-state index contributed by atoms with van der Waals surface area (Å²) in [5.41, 5.74) is 2.74. The SMILES string of the molecule is C/C=C\C(=O)Nc1ccccc1-c1cc(COc2c(Cl)c(OC)cc(OC)c2Cl)[nH]n1. The second-order valence-corrected chi connectivity index (χ2v) is 7.10. The topological polar surface area (TPSA) is 85.5 Å². The van der Waals surface area contributed by atoms with Gasteiger partial charge in [0.2, 0.25) is 5.91 Å². The van der Waals surface area contributed by atoms with Gasteiger partial charge >= 0.3 is 0 Å². The lowest BCUT2D eigenvalue weighted by molar-refractivity contribution is -0.111. The maximum atomic E-state index is 11.9. The molecule has 0 saturated carbocycles. The van der Waals surface area contributed by atoms with Crippen LogP contribution in [0.2, 0.25) is 10.0 Å². The first kappa shape index (κ1) is 22.5. The Morgan fingerprint density at radius 2 is 1.81 bits per heavy atom. The van der Waals surface area contributed by atoms with Crippen molar-refractivity contribution < 1.29 is 19.0 Å².